The second kappa shape index (κ2) is 11.7. The summed E-state index contributed by atoms with van der Waals surface area (Å²) in [5.74, 6) is 0.724. The molecule has 2 amide bonds. The second-order valence-electron chi connectivity index (χ2n) is 7.88. The van der Waals surface area contributed by atoms with Crippen molar-refractivity contribution in [1.82, 2.24) is 10.2 Å². The van der Waals surface area contributed by atoms with Gasteiger partial charge < -0.3 is 10.2 Å². The molecular formula is C24H31FN2O2S. The van der Waals surface area contributed by atoms with Crippen LogP contribution in [0.4, 0.5) is 4.39 Å². The van der Waals surface area contributed by atoms with Gasteiger partial charge in [0, 0.05) is 18.8 Å². The van der Waals surface area contributed by atoms with Gasteiger partial charge in [-0.2, -0.15) is 0 Å². The third kappa shape index (κ3) is 7.48. The molecule has 2 aromatic carbocycles. The fourth-order valence-corrected chi connectivity index (χ4v) is 3.91. The molecule has 1 atom stereocenters. The van der Waals surface area contributed by atoms with Crippen LogP contribution in [-0.4, -0.2) is 35.1 Å². The quantitative estimate of drug-likeness (QED) is 0.601. The van der Waals surface area contributed by atoms with Gasteiger partial charge in [-0.15, -0.1) is 11.8 Å². The van der Waals surface area contributed by atoms with Crippen molar-refractivity contribution in [2.75, 3.05) is 12.3 Å². The van der Waals surface area contributed by atoms with Crippen LogP contribution in [0.1, 0.15) is 37.5 Å². The zero-order chi connectivity index (χ0) is 22.1. The molecule has 0 bridgehead atoms. The van der Waals surface area contributed by atoms with Crippen molar-refractivity contribution in [2.45, 2.75) is 46.0 Å². The van der Waals surface area contributed by atoms with E-state index in [1.165, 1.54) is 35.0 Å². The predicted octanol–water partition coefficient (Wildman–Crippen LogP) is 4.56. The molecule has 0 aliphatic carbocycles. The van der Waals surface area contributed by atoms with Crippen molar-refractivity contribution in [3.63, 3.8) is 0 Å². The Bertz CT molecular complexity index is 839. The predicted molar refractivity (Wildman–Crippen MR) is 122 cm³/mol. The first kappa shape index (κ1) is 23.9. The van der Waals surface area contributed by atoms with E-state index in [4.69, 9.17) is 0 Å². The number of benzene rings is 2. The fraction of sp³-hybridized carbons (Fsp3) is 0.417. The molecule has 0 heterocycles. The van der Waals surface area contributed by atoms with Crippen molar-refractivity contribution < 1.29 is 14.0 Å². The van der Waals surface area contributed by atoms with Gasteiger partial charge in [-0.3, -0.25) is 9.59 Å². The van der Waals surface area contributed by atoms with Gasteiger partial charge in [0.2, 0.25) is 11.8 Å². The molecule has 0 saturated carbocycles. The number of carbonyl (C=O) groups excluding carboxylic acids is 2. The first-order valence-corrected chi connectivity index (χ1v) is 11.4. The van der Waals surface area contributed by atoms with E-state index < -0.39 is 6.04 Å². The van der Waals surface area contributed by atoms with Crippen molar-refractivity contribution in [1.29, 1.82) is 0 Å². The summed E-state index contributed by atoms with van der Waals surface area (Å²) in [4.78, 5) is 27.2. The van der Waals surface area contributed by atoms with Gasteiger partial charge in [-0.05, 0) is 48.6 Å². The Morgan fingerprint density at radius 3 is 2.37 bits per heavy atom. The number of hydrogen-bond donors (Lipinski definition) is 1. The normalized spacial score (nSPS) is 11.9. The average Bonchev–Trinajstić information content (AvgIpc) is 2.72. The highest BCUT2D eigenvalue weighted by Crippen LogP contribution is 2.18. The van der Waals surface area contributed by atoms with Gasteiger partial charge >= 0.3 is 0 Å². The molecule has 4 nitrogen and oxygen atoms in total. The minimum absolute atomic E-state index is 0.106. The summed E-state index contributed by atoms with van der Waals surface area (Å²) in [5, 5.41) is 2.90. The smallest absolute Gasteiger partial charge is 0.242 e. The number of halogens is 1. The number of amides is 2. The van der Waals surface area contributed by atoms with E-state index in [9.17, 15) is 14.0 Å². The Kier molecular flexibility index (Phi) is 9.37. The highest BCUT2D eigenvalue weighted by atomic mass is 32.2. The van der Waals surface area contributed by atoms with Crippen LogP contribution in [0.25, 0.3) is 0 Å². The summed E-state index contributed by atoms with van der Waals surface area (Å²) in [6.07, 6.45) is 0. The zero-order valence-electron chi connectivity index (χ0n) is 18.2. The van der Waals surface area contributed by atoms with Gasteiger partial charge in [0.15, 0.2) is 0 Å². The van der Waals surface area contributed by atoms with Crippen LogP contribution >= 0.6 is 11.8 Å². The topological polar surface area (TPSA) is 49.4 Å². The molecule has 1 unspecified atom stereocenters. The molecule has 0 saturated heterocycles. The largest absolute Gasteiger partial charge is 0.354 e. The molecular weight excluding hydrogens is 399 g/mol. The number of hydrogen-bond acceptors (Lipinski definition) is 3. The Morgan fingerprint density at radius 1 is 1.07 bits per heavy atom. The van der Waals surface area contributed by atoms with Crippen molar-refractivity contribution in [2.24, 2.45) is 5.92 Å². The summed E-state index contributed by atoms with van der Waals surface area (Å²) in [6.45, 7) is 8.66. The van der Waals surface area contributed by atoms with Gasteiger partial charge in [0.05, 0.1) is 5.75 Å². The summed E-state index contributed by atoms with van der Waals surface area (Å²) in [7, 11) is 0. The summed E-state index contributed by atoms with van der Waals surface area (Å²) in [6, 6.07) is 13.5. The fourth-order valence-electron chi connectivity index (χ4n) is 2.92. The van der Waals surface area contributed by atoms with Gasteiger partial charge in [-0.1, -0.05) is 50.2 Å². The Hall–Kier alpha value is -2.34. The lowest BCUT2D eigenvalue weighted by atomic mass is 10.1. The Balaban J connectivity index is 2.06. The molecule has 2 rings (SSSR count). The van der Waals surface area contributed by atoms with Crippen LogP contribution in [0.15, 0.2) is 48.5 Å². The van der Waals surface area contributed by atoms with Gasteiger partial charge in [-0.25, -0.2) is 4.39 Å². The molecule has 6 heteroatoms. The van der Waals surface area contributed by atoms with E-state index in [1.54, 1.807) is 24.0 Å². The van der Waals surface area contributed by atoms with Crippen LogP contribution in [0.2, 0.25) is 0 Å². The highest BCUT2D eigenvalue weighted by molar-refractivity contribution is 7.99. The maximum Gasteiger partial charge on any atom is 0.242 e. The van der Waals surface area contributed by atoms with Crippen LogP contribution in [0.3, 0.4) is 0 Å². The molecule has 0 fully saturated rings. The molecule has 162 valence electrons. The highest BCUT2D eigenvalue weighted by Gasteiger charge is 2.26. The van der Waals surface area contributed by atoms with Crippen LogP contribution in [-0.2, 0) is 21.9 Å². The Labute approximate surface area is 183 Å². The van der Waals surface area contributed by atoms with Crippen molar-refractivity contribution >= 4 is 23.6 Å². The van der Waals surface area contributed by atoms with E-state index in [2.05, 4.69) is 24.4 Å². The first-order chi connectivity index (χ1) is 14.3. The molecule has 0 aromatic heterocycles. The number of nitrogens with one attached hydrogen (secondary N) is 1. The molecule has 1 N–H and O–H groups in total. The van der Waals surface area contributed by atoms with E-state index in [-0.39, 0.29) is 29.9 Å². The molecule has 0 spiro atoms. The van der Waals surface area contributed by atoms with Crippen LogP contribution in [0, 0.1) is 18.7 Å². The zero-order valence-corrected chi connectivity index (χ0v) is 19.0. The number of aryl methyl sites for hydroxylation is 1. The minimum atomic E-state index is -0.611. The minimum Gasteiger partial charge on any atom is -0.354 e. The molecule has 30 heavy (non-hydrogen) atoms. The van der Waals surface area contributed by atoms with E-state index in [0.717, 1.165) is 11.3 Å². The SMILES string of the molecule is Cc1ccccc1CSCC(=O)N(Cc1ccc(F)cc1)C(C)C(=O)NCC(C)C. The summed E-state index contributed by atoms with van der Waals surface area (Å²) < 4.78 is 13.3. The van der Waals surface area contributed by atoms with Crippen LogP contribution in [0.5, 0.6) is 0 Å². The lowest BCUT2D eigenvalue weighted by molar-refractivity contribution is -0.138. The van der Waals surface area contributed by atoms with Gasteiger partial charge in [0.1, 0.15) is 11.9 Å². The molecule has 0 aliphatic rings. The summed E-state index contributed by atoms with van der Waals surface area (Å²) >= 11 is 1.53. The lowest BCUT2D eigenvalue weighted by Gasteiger charge is -2.29. The van der Waals surface area contributed by atoms with Gasteiger partial charge in [0.25, 0.3) is 0 Å². The maximum atomic E-state index is 13.3. The second-order valence-corrected chi connectivity index (χ2v) is 8.87. The van der Waals surface area contributed by atoms with E-state index >= 15 is 0 Å². The standard InChI is InChI=1S/C24H31FN2O2S/c1-17(2)13-26-24(29)19(4)27(14-20-9-11-22(25)12-10-20)23(28)16-30-15-21-8-6-5-7-18(21)3/h5-12,17,19H,13-16H2,1-4H3,(H,26,29). The lowest BCUT2D eigenvalue weighted by Crippen LogP contribution is -2.48. The van der Waals surface area contributed by atoms with Crippen molar-refractivity contribution in [3.05, 3.63) is 71.0 Å². The van der Waals surface area contributed by atoms with E-state index in [1.807, 2.05) is 26.0 Å². The molecule has 2 aromatic rings. The maximum absolute atomic E-state index is 13.3. The first-order valence-electron chi connectivity index (χ1n) is 10.2. The number of thioether (sulfide) groups is 1. The number of carbonyl (C=O) groups is 2. The monoisotopic (exact) mass is 430 g/mol. The summed E-state index contributed by atoms with van der Waals surface area (Å²) in [5.41, 5.74) is 3.18. The third-order valence-corrected chi connectivity index (χ3v) is 5.83. The average molecular weight is 431 g/mol. The van der Waals surface area contributed by atoms with E-state index in [0.29, 0.717) is 12.5 Å². The van der Waals surface area contributed by atoms with Crippen LogP contribution < -0.4 is 5.32 Å². The Morgan fingerprint density at radius 2 is 1.73 bits per heavy atom. The van der Waals surface area contributed by atoms with Crippen molar-refractivity contribution in [3.8, 4) is 0 Å². The molecule has 0 aliphatic heterocycles. The number of nitrogens with zero attached hydrogens (tertiary/aromatic N) is 1. The molecule has 0 radical (unpaired) electrons. The third-order valence-electron chi connectivity index (χ3n) is 4.86. The number of rotatable bonds is 10.